The minimum absolute atomic E-state index is 0.0162. The van der Waals surface area contributed by atoms with Gasteiger partial charge in [0.25, 0.3) is 5.91 Å². The number of nitrogens with two attached hydrogens (primary N) is 1. The highest BCUT2D eigenvalue weighted by Gasteiger charge is 2.23. The van der Waals surface area contributed by atoms with Crippen LogP contribution < -0.4 is 5.73 Å². The van der Waals surface area contributed by atoms with Gasteiger partial charge in [-0.05, 0) is 13.8 Å². The van der Waals surface area contributed by atoms with Crippen molar-refractivity contribution in [3.63, 3.8) is 0 Å². The van der Waals surface area contributed by atoms with E-state index < -0.39 is 0 Å². The third kappa shape index (κ3) is 3.33. The number of amides is 1. The molecule has 20 heavy (non-hydrogen) atoms. The van der Waals surface area contributed by atoms with Crippen molar-refractivity contribution in [3.8, 4) is 0 Å². The van der Waals surface area contributed by atoms with E-state index in [0.717, 1.165) is 38.3 Å². The van der Waals surface area contributed by atoms with Crippen LogP contribution in [0.3, 0.4) is 0 Å². The molecule has 1 aromatic heterocycles. The number of nitrogens with zero attached hydrogens (tertiary/aromatic N) is 4. The standard InChI is InChI=1S/C14H21N5O/c1-10(2)9-18-4-6-19(7-5-18)13(20)12-8-16-14(15)17-11(12)3/h8H,1,4-7,9H2,2-3H3,(H2,15,16,17). The molecule has 0 aromatic carbocycles. The highest BCUT2D eigenvalue weighted by Crippen LogP contribution is 2.12. The Kier molecular flexibility index (Phi) is 4.34. The number of carbonyl (C=O) groups excluding carboxylic acids is 1. The second-order valence-corrected chi connectivity index (χ2v) is 5.25. The average Bonchev–Trinajstić information content (AvgIpc) is 2.38. The molecule has 2 rings (SSSR count). The largest absolute Gasteiger partial charge is 0.368 e. The lowest BCUT2D eigenvalue weighted by Crippen LogP contribution is -2.49. The molecule has 1 aromatic rings. The van der Waals surface area contributed by atoms with Crippen LogP contribution in [0.4, 0.5) is 5.95 Å². The Morgan fingerprint density at radius 1 is 1.40 bits per heavy atom. The Morgan fingerprint density at radius 2 is 2.05 bits per heavy atom. The molecule has 0 spiro atoms. The zero-order chi connectivity index (χ0) is 14.7. The van der Waals surface area contributed by atoms with Crippen molar-refractivity contribution < 1.29 is 4.79 Å². The molecule has 6 heteroatoms. The fourth-order valence-corrected chi connectivity index (χ4v) is 2.36. The Labute approximate surface area is 119 Å². The number of hydrogen-bond donors (Lipinski definition) is 1. The summed E-state index contributed by atoms with van der Waals surface area (Å²) in [4.78, 5) is 24.5. The SMILES string of the molecule is C=C(C)CN1CCN(C(=O)c2cnc(N)nc2C)CC1. The van der Waals surface area contributed by atoms with Crippen molar-refractivity contribution in [2.24, 2.45) is 0 Å². The number of piperazine rings is 1. The van der Waals surface area contributed by atoms with E-state index in [1.165, 1.54) is 6.20 Å². The van der Waals surface area contributed by atoms with Gasteiger partial charge in [-0.25, -0.2) is 9.97 Å². The zero-order valence-electron chi connectivity index (χ0n) is 12.1. The van der Waals surface area contributed by atoms with Crippen molar-refractivity contribution in [3.05, 3.63) is 29.6 Å². The quantitative estimate of drug-likeness (QED) is 0.822. The van der Waals surface area contributed by atoms with Gasteiger partial charge in [0.15, 0.2) is 0 Å². The van der Waals surface area contributed by atoms with Gasteiger partial charge in [0.2, 0.25) is 5.95 Å². The Hall–Kier alpha value is -1.95. The maximum Gasteiger partial charge on any atom is 0.257 e. The van der Waals surface area contributed by atoms with Gasteiger partial charge in [-0.3, -0.25) is 9.69 Å². The highest BCUT2D eigenvalue weighted by atomic mass is 16.2. The van der Waals surface area contributed by atoms with Crippen molar-refractivity contribution >= 4 is 11.9 Å². The van der Waals surface area contributed by atoms with Crippen LogP contribution in [0, 0.1) is 6.92 Å². The number of aryl methyl sites for hydroxylation is 1. The summed E-state index contributed by atoms with van der Waals surface area (Å²) in [6, 6.07) is 0. The summed E-state index contributed by atoms with van der Waals surface area (Å²) in [5.41, 5.74) is 7.82. The number of hydrogen-bond acceptors (Lipinski definition) is 5. The molecule has 2 N–H and O–H groups in total. The van der Waals surface area contributed by atoms with Gasteiger partial charge in [0.05, 0.1) is 11.3 Å². The van der Waals surface area contributed by atoms with E-state index in [-0.39, 0.29) is 11.9 Å². The van der Waals surface area contributed by atoms with Crippen LogP contribution in [0.5, 0.6) is 0 Å². The molecular formula is C14H21N5O. The molecule has 1 aliphatic rings. The number of nitrogen functional groups attached to an aromatic ring is 1. The second-order valence-electron chi connectivity index (χ2n) is 5.25. The predicted octanol–water partition coefficient (Wildman–Crippen LogP) is 0.701. The third-order valence-corrected chi connectivity index (χ3v) is 3.38. The number of anilines is 1. The first-order valence-electron chi connectivity index (χ1n) is 6.72. The lowest BCUT2D eigenvalue weighted by Gasteiger charge is -2.34. The summed E-state index contributed by atoms with van der Waals surface area (Å²) in [5.74, 6) is 0.183. The van der Waals surface area contributed by atoms with E-state index in [1.54, 1.807) is 6.92 Å². The molecule has 1 saturated heterocycles. The van der Waals surface area contributed by atoms with Crippen LogP contribution in [-0.2, 0) is 0 Å². The molecule has 0 atom stereocenters. The molecule has 0 saturated carbocycles. The van der Waals surface area contributed by atoms with Crippen LogP contribution in [0.1, 0.15) is 23.0 Å². The molecule has 1 fully saturated rings. The first-order chi connectivity index (χ1) is 9.47. The van der Waals surface area contributed by atoms with Gasteiger partial charge in [0, 0.05) is 38.9 Å². The summed E-state index contributed by atoms with van der Waals surface area (Å²) in [5, 5.41) is 0. The lowest BCUT2D eigenvalue weighted by molar-refractivity contribution is 0.0646. The van der Waals surface area contributed by atoms with E-state index in [0.29, 0.717) is 11.3 Å². The number of aromatic nitrogens is 2. The summed E-state index contributed by atoms with van der Waals surface area (Å²) < 4.78 is 0. The summed E-state index contributed by atoms with van der Waals surface area (Å²) >= 11 is 0. The fraction of sp³-hybridized carbons (Fsp3) is 0.500. The molecule has 1 amide bonds. The van der Waals surface area contributed by atoms with Crippen LogP contribution in [-0.4, -0.2) is 58.4 Å². The normalized spacial score (nSPS) is 16.2. The van der Waals surface area contributed by atoms with Crippen LogP contribution in [0.15, 0.2) is 18.3 Å². The van der Waals surface area contributed by atoms with E-state index >= 15 is 0 Å². The topological polar surface area (TPSA) is 75.3 Å². The minimum Gasteiger partial charge on any atom is -0.368 e. The molecular weight excluding hydrogens is 254 g/mol. The van der Waals surface area contributed by atoms with Gasteiger partial charge in [-0.15, -0.1) is 0 Å². The summed E-state index contributed by atoms with van der Waals surface area (Å²) in [7, 11) is 0. The molecule has 6 nitrogen and oxygen atoms in total. The summed E-state index contributed by atoms with van der Waals surface area (Å²) in [6.07, 6.45) is 1.51. The van der Waals surface area contributed by atoms with Crippen LogP contribution in [0.25, 0.3) is 0 Å². The second kappa shape index (κ2) is 6.00. The van der Waals surface area contributed by atoms with E-state index in [1.807, 2.05) is 11.8 Å². The molecule has 0 aliphatic carbocycles. The van der Waals surface area contributed by atoms with E-state index in [9.17, 15) is 4.79 Å². The van der Waals surface area contributed by atoms with Crippen molar-refractivity contribution in [2.75, 3.05) is 38.5 Å². The Balaban J connectivity index is 1.99. The highest BCUT2D eigenvalue weighted by molar-refractivity contribution is 5.95. The van der Waals surface area contributed by atoms with Gasteiger partial charge >= 0.3 is 0 Å². The fourth-order valence-electron chi connectivity index (χ4n) is 2.36. The van der Waals surface area contributed by atoms with E-state index in [2.05, 4.69) is 21.4 Å². The van der Waals surface area contributed by atoms with Crippen LogP contribution in [0.2, 0.25) is 0 Å². The Morgan fingerprint density at radius 3 is 2.60 bits per heavy atom. The van der Waals surface area contributed by atoms with Gasteiger partial charge in [-0.2, -0.15) is 0 Å². The molecule has 0 bridgehead atoms. The minimum atomic E-state index is -0.0162. The molecule has 0 radical (unpaired) electrons. The lowest BCUT2D eigenvalue weighted by atomic mass is 10.2. The maximum atomic E-state index is 12.4. The average molecular weight is 275 g/mol. The van der Waals surface area contributed by atoms with Crippen LogP contribution >= 0.6 is 0 Å². The van der Waals surface area contributed by atoms with Crippen molar-refractivity contribution in [1.82, 2.24) is 19.8 Å². The predicted molar refractivity (Wildman–Crippen MR) is 78.3 cm³/mol. The molecule has 0 unspecified atom stereocenters. The molecule has 1 aliphatic heterocycles. The third-order valence-electron chi connectivity index (χ3n) is 3.38. The summed E-state index contributed by atoms with van der Waals surface area (Å²) in [6.45, 7) is 11.8. The Bertz CT molecular complexity index is 520. The number of rotatable bonds is 3. The number of carbonyl (C=O) groups is 1. The van der Waals surface area contributed by atoms with Crippen molar-refractivity contribution in [2.45, 2.75) is 13.8 Å². The first-order valence-corrected chi connectivity index (χ1v) is 6.72. The molecule has 2 heterocycles. The smallest absolute Gasteiger partial charge is 0.257 e. The van der Waals surface area contributed by atoms with E-state index in [4.69, 9.17) is 5.73 Å². The monoisotopic (exact) mass is 275 g/mol. The van der Waals surface area contributed by atoms with Gasteiger partial charge < -0.3 is 10.6 Å². The van der Waals surface area contributed by atoms with Gasteiger partial charge in [0.1, 0.15) is 0 Å². The first kappa shape index (κ1) is 14.5. The van der Waals surface area contributed by atoms with Gasteiger partial charge in [-0.1, -0.05) is 12.2 Å². The zero-order valence-corrected chi connectivity index (χ0v) is 12.1. The molecule has 108 valence electrons. The maximum absolute atomic E-state index is 12.4. The van der Waals surface area contributed by atoms with Crippen molar-refractivity contribution in [1.29, 1.82) is 0 Å².